The second-order valence-corrected chi connectivity index (χ2v) is 7.51. The Morgan fingerprint density at radius 3 is 2.29 bits per heavy atom. The quantitative estimate of drug-likeness (QED) is 0.704. The van der Waals surface area contributed by atoms with Gasteiger partial charge in [0.1, 0.15) is 0 Å². The van der Waals surface area contributed by atoms with E-state index in [0.717, 1.165) is 25.7 Å². The van der Waals surface area contributed by atoms with E-state index in [1.54, 1.807) is 4.90 Å². The maximum atomic E-state index is 12.4. The Hall–Kier alpha value is -0.810. The van der Waals surface area contributed by atoms with Crippen molar-refractivity contribution in [1.29, 1.82) is 0 Å². The van der Waals surface area contributed by atoms with Crippen molar-refractivity contribution in [2.45, 2.75) is 77.4 Å². The smallest absolute Gasteiger partial charge is 0.317 e. The van der Waals surface area contributed by atoms with E-state index < -0.39 is 0 Å². The third-order valence-electron chi connectivity index (χ3n) is 3.96. The number of nitrogens with zero attached hydrogens (tertiary/aromatic N) is 1. The number of aliphatic hydroxyl groups excluding tert-OH is 1. The number of unbranched alkanes of at least 4 members (excludes halogenated alkanes) is 1. The summed E-state index contributed by atoms with van der Waals surface area (Å²) < 4.78 is 0. The molecule has 1 fully saturated rings. The third kappa shape index (κ3) is 6.22. The van der Waals surface area contributed by atoms with Crippen molar-refractivity contribution in [3.05, 3.63) is 0 Å². The van der Waals surface area contributed by atoms with E-state index >= 15 is 0 Å². The van der Waals surface area contributed by atoms with E-state index in [9.17, 15) is 4.79 Å². The summed E-state index contributed by atoms with van der Waals surface area (Å²) in [4.78, 5) is 14.1. The van der Waals surface area contributed by atoms with E-state index in [-0.39, 0.29) is 29.8 Å². The van der Waals surface area contributed by atoms with Gasteiger partial charge in [-0.05, 0) is 47.0 Å². The molecule has 0 aliphatic carbocycles. The number of nitrogens with one attached hydrogen (secondary N) is 2. The Morgan fingerprint density at radius 1 is 1.24 bits per heavy atom. The zero-order chi connectivity index (χ0) is 16.1. The molecule has 3 N–H and O–H groups in total. The van der Waals surface area contributed by atoms with Crippen molar-refractivity contribution in [2.75, 3.05) is 19.7 Å². The van der Waals surface area contributed by atoms with Crippen molar-refractivity contribution >= 4 is 6.03 Å². The minimum atomic E-state index is -0.0454. The van der Waals surface area contributed by atoms with E-state index in [0.29, 0.717) is 13.1 Å². The molecule has 1 saturated heterocycles. The largest absolute Gasteiger partial charge is 0.395 e. The van der Waals surface area contributed by atoms with Crippen molar-refractivity contribution in [1.82, 2.24) is 15.5 Å². The number of aliphatic hydroxyl groups is 1. The predicted molar refractivity (Wildman–Crippen MR) is 86.4 cm³/mol. The number of hydrogen-bond donors (Lipinski definition) is 3. The number of piperidine rings is 1. The van der Waals surface area contributed by atoms with Gasteiger partial charge in [0.15, 0.2) is 0 Å². The summed E-state index contributed by atoms with van der Waals surface area (Å²) in [5, 5.41) is 15.9. The van der Waals surface area contributed by atoms with Crippen molar-refractivity contribution in [2.24, 2.45) is 0 Å². The molecule has 21 heavy (non-hydrogen) atoms. The van der Waals surface area contributed by atoms with Gasteiger partial charge in [0, 0.05) is 30.2 Å². The second-order valence-electron chi connectivity index (χ2n) is 7.51. The zero-order valence-electron chi connectivity index (χ0n) is 14.3. The van der Waals surface area contributed by atoms with Crippen LogP contribution < -0.4 is 10.6 Å². The highest BCUT2D eigenvalue weighted by atomic mass is 16.3. The molecule has 0 aromatic carbocycles. The third-order valence-corrected chi connectivity index (χ3v) is 3.96. The molecule has 5 heteroatoms. The van der Waals surface area contributed by atoms with Crippen LogP contribution in [0.25, 0.3) is 0 Å². The Bertz CT molecular complexity index is 326. The minimum Gasteiger partial charge on any atom is -0.395 e. The normalized spacial score (nSPS) is 21.0. The Balaban J connectivity index is 2.62. The number of carbonyl (C=O) groups is 1. The summed E-state index contributed by atoms with van der Waals surface area (Å²) in [6.45, 7) is 11.9. The molecule has 0 atom stereocenters. The number of amides is 2. The average molecular weight is 299 g/mol. The first-order chi connectivity index (χ1) is 9.69. The minimum absolute atomic E-state index is 0.0142. The van der Waals surface area contributed by atoms with Gasteiger partial charge in [0.25, 0.3) is 0 Å². The van der Waals surface area contributed by atoms with Gasteiger partial charge in [-0.25, -0.2) is 4.79 Å². The van der Waals surface area contributed by atoms with E-state index in [1.807, 2.05) is 0 Å². The second kappa shape index (κ2) is 7.45. The van der Waals surface area contributed by atoms with Crippen LogP contribution in [0.5, 0.6) is 0 Å². The lowest BCUT2D eigenvalue weighted by Crippen LogP contribution is -2.63. The summed E-state index contributed by atoms with van der Waals surface area (Å²) in [5.74, 6) is 0. The molecule has 1 heterocycles. The molecule has 0 spiro atoms. The van der Waals surface area contributed by atoms with Crippen molar-refractivity contribution in [3.63, 3.8) is 0 Å². The number of carbonyl (C=O) groups excluding carboxylic acids is 1. The summed E-state index contributed by atoms with van der Waals surface area (Å²) in [6.07, 6.45) is 3.85. The molecular weight excluding hydrogens is 266 g/mol. The topological polar surface area (TPSA) is 64.6 Å². The van der Waals surface area contributed by atoms with Crippen molar-refractivity contribution < 1.29 is 9.90 Å². The van der Waals surface area contributed by atoms with Gasteiger partial charge in [0.05, 0.1) is 6.61 Å². The predicted octanol–water partition coefficient (Wildman–Crippen LogP) is 2.10. The maximum absolute atomic E-state index is 12.4. The van der Waals surface area contributed by atoms with Gasteiger partial charge in [0.2, 0.25) is 0 Å². The fourth-order valence-corrected chi connectivity index (χ4v) is 3.47. The molecule has 1 aliphatic rings. The lowest BCUT2D eigenvalue weighted by atomic mass is 9.80. The summed E-state index contributed by atoms with van der Waals surface area (Å²) >= 11 is 0. The van der Waals surface area contributed by atoms with Crippen LogP contribution in [0.3, 0.4) is 0 Å². The average Bonchev–Trinajstić information content (AvgIpc) is 2.30. The van der Waals surface area contributed by atoms with Crippen LogP contribution in [0.2, 0.25) is 0 Å². The van der Waals surface area contributed by atoms with Crippen LogP contribution in [0.1, 0.15) is 60.3 Å². The SMILES string of the molecule is CCCCN(CCO)C(=O)NC1CC(C)(C)NC(C)(C)C1. The van der Waals surface area contributed by atoms with E-state index in [1.165, 1.54) is 0 Å². The van der Waals surface area contributed by atoms with Gasteiger partial charge in [-0.15, -0.1) is 0 Å². The van der Waals surface area contributed by atoms with Gasteiger partial charge in [-0.3, -0.25) is 0 Å². The molecule has 0 bridgehead atoms. The van der Waals surface area contributed by atoms with Crippen LogP contribution in [-0.4, -0.2) is 52.9 Å². The Labute approximate surface area is 129 Å². The van der Waals surface area contributed by atoms with Crippen LogP contribution in [-0.2, 0) is 0 Å². The first-order valence-electron chi connectivity index (χ1n) is 8.15. The standard InChI is InChI=1S/C16H33N3O2/c1-6-7-8-19(9-10-20)14(21)17-13-11-15(2,3)18-16(4,5)12-13/h13,18,20H,6-12H2,1-5H3,(H,17,21). The van der Waals surface area contributed by atoms with Gasteiger partial charge >= 0.3 is 6.03 Å². The Kier molecular flexibility index (Phi) is 6.47. The first-order valence-corrected chi connectivity index (χ1v) is 8.15. The monoisotopic (exact) mass is 299 g/mol. The summed E-state index contributed by atoms with van der Waals surface area (Å²) in [7, 11) is 0. The van der Waals surface area contributed by atoms with E-state index in [2.05, 4.69) is 45.3 Å². The van der Waals surface area contributed by atoms with Gasteiger partial charge < -0.3 is 20.6 Å². The molecule has 5 nitrogen and oxygen atoms in total. The molecular formula is C16H33N3O2. The molecule has 0 unspecified atom stereocenters. The maximum Gasteiger partial charge on any atom is 0.317 e. The fraction of sp³-hybridized carbons (Fsp3) is 0.938. The lowest BCUT2D eigenvalue weighted by Gasteiger charge is -2.46. The molecule has 0 radical (unpaired) electrons. The molecule has 124 valence electrons. The Morgan fingerprint density at radius 2 is 1.81 bits per heavy atom. The lowest BCUT2D eigenvalue weighted by molar-refractivity contribution is 0.134. The number of hydrogen-bond acceptors (Lipinski definition) is 3. The molecule has 0 saturated carbocycles. The van der Waals surface area contributed by atoms with Crippen LogP contribution in [0, 0.1) is 0 Å². The highest BCUT2D eigenvalue weighted by Crippen LogP contribution is 2.28. The zero-order valence-corrected chi connectivity index (χ0v) is 14.3. The summed E-state index contributed by atoms with van der Waals surface area (Å²) in [5.41, 5.74) is 0.0375. The highest BCUT2D eigenvalue weighted by Gasteiger charge is 2.38. The molecule has 0 aromatic rings. The molecule has 2 amide bonds. The van der Waals surface area contributed by atoms with Gasteiger partial charge in [-0.2, -0.15) is 0 Å². The van der Waals surface area contributed by atoms with Crippen LogP contribution in [0.15, 0.2) is 0 Å². The highest BCUT2D eigenvalue weighted by molar-refractivity contribution is 5.74. The van der Waals surface area contributed by atoms with Crippen molar-refractivity contribution in [3.8, 4) is 0 Å². The molecule has 1 rings (SSSR count). The number of urea groups is 1. The van der Waals surface area contributed by atoms with Gasteiger partial charge in [-0.1, -0.05) is 13.3 Å². The molecule has 1 aliphatic heterocycles. The number of rotatable bonds is 6. The van der Waals surface area contributed by atoms with E-state index in [4.69, 9.17) is 5.11 Å². The fourth-order valence-electron chi connectivity index (χ4n) is 3.47. The van der Waals surface area contributed by atoms with Crippen LogP contribution >= 0.6 is 0 Å². The first kappa shape index (κ1) is 18.2. The molecule has 0 aromatic heterocycles. The summed E-state index contributed by atoms with van der Waals surface area (Å²) in [6, 6.07) is 0.127. The van der Waals surface area contributed by atoms with Crippen LogP contribution in [0.4, 0.5) is 4.79 Å².